The highest BCUT2D eigenvalue weighted by molar-refractivity contribution is 7.92. The van der Waals surface area contributed by atoms with E-state index in [1.54, 1.807) is 13.0 Å². The Bertz CT molecular complexity index is 740. The highest BCUT2D eigenvalue weighted by Crippen LogP contribution is 2.24. The SMILES string of the molecule is Cc1cc(S(=O)(=O)Nc2n[nH]c(C)c2C)cc(N)c1C. The standard InChI is InChI=1S/C13H18N4O2S/c1-7-5-11(6-12(14)8(7)2)20(18,19)17-13-9(3)10(4)15-16-13/h5-6H,14H2,1-4H3,(H2,15,16,17). The van der Waals surface area contributed by atoms with Crippen LogP contribution >= 0.6 is 0 Å². The normalized spacial score (nSPS) is 11.6. The predicted octanol–water partition coefficient (Wildman–Crippen LogP) is 2.03. The van der Waals surface area contributed by atoms with Crippen LogP contribution in [0.25, 0.3) is 0 Å². The van der Waals surface area contributed by atoms with E-state index in [-0.39, 0.29) is 4.90 Å². The predicted molar refractivity (Wildman–Crippen MR) is 79.2 cm³/mol. The topological polar surface area (TPSA) is 101 Å². The zero-order valence-corrected chi connectivity index (χ0v) is 12.7. The first kappa shape index (κ1) is 14.4. The van der Waals surface area contributed by atoms with E-state index in [2.05, 4.69) is 14.9 Å². The number of nitrogens with zero attached hydrogens (tertiary/aromatic N) is 1. The summed E-state index contributed by atoms with van der Waals surface area (Å²) in [7, 11) is -3.70. The lowest BCUT2D eigenvalue weighted by molar-refractivity contribution is 0.601. The fourth-order valence-corrected chi connectivity index (χ4v) is 2.96. The number of aryl methyl sites for hydroxylation is 2. The molecule has 2 rings (SSSR count). The molecule has 0 unspecified atom stereocenters. The van der Waals surface area contributed by atoms with Crippen molar-refractivity contribution in [3.63, 3.8) is 0 Å². The molecule has 4 N–H and O–H groups in total. The number of sulfonamides is 1. The van der Waals surface area contributed by atoms with Gasteiger partial charge in [0.2, 0.25) is 0 Å². The van der Waals surface area contributed by atoms with Gasteiger partial charge in [-0.2, -0.15) is 5.10 Å². The van der Waals surface area contributed by atoms with E-state index < -0.39 is 10.0 Å². The Kier molecular flexibility index (Phi) is 3.47. The summed E-state index contributed by atoms with van der Waals surface area (Å²) in [5, 5.41) is 6.68. The van der Waals surface area contributed by atoms with E-state index >= 15 is 0 Å². The van der Waals surface area contributed by atoms with E-state index in [0.29, 0.717) is 11.5 Å². The maximum Gasteiger partial charge on any atom is 0.263 e. The lowest BCUT2D eigenvalue weighted by Gasteiger charge is -2.10. The van der Waals surface area contributed by atoms with Crippen molar-refractivity contribution in [1.82, 2.24) is 10.2 Å². The Morgan fingerprint density at radius 1 is 1.15 bits per heavy atom. The number of nitrogen functional groups attached to an aromatic ring is 1. The molecule has 0 saturated heterocycles. The van der Waals surface area contributed by atoms with Crippen LogP contribution in [-0.2, 0) is 10.0 Å². The van der Waals surface area contributed by atoms with Gasteiger partial charge in [0, 0.05) is 16.9 Å². The monoisotopic (exact) mass is 294 g/mol. The van der Waals surface area contributed by atoms with E-state index in [4.69, 9.17) is 5.73 Å². The third-order valence-electron chi connectivity index (χ3n) is 3.48. The van der Waals surface area contributed by atoms with Crippen molar-refractivity contribution in [2.45, 2.75) is 32.6 Å². The van der Waals surface area contributed by atoms with E-state index in [1.165, 1.54) is 6.07 Å². The number of rotatable bonds is 3. The number of H-pyrrole nitrogens is 1. The van der Waals surface area contributed by atoms with Crippen molar-refractivity contribution in [3.8, 4) is 0 Å². The lowest BCUT2D eigenvalue weighted by Crippen LogP contribution is -2.15. The Balaban J connectivity index is 2.43. The fourth-order valence-electron chi connectivity index (χ4n) is 1.78. The third-order valence-corrected chi connectivity index (χ3v) is 4.79. The van der Waals surface area contributed by atoms with Crippen LogP contribution in [0.3, 0.4) is 0 Å². The summed E-state index contributed by atoms with van der Waals surface area (Å²) < 4.78 is 27.2. The quantitative estimate of drug-likeness (QED) is 0.754. The molecule has 0 saturated carbocycles. The molecule has 108 valence electrons. The van der Waals surface area contributed by atoms with Crippen LogP contribution in [0.15, 0.2) is 17.0 Å². The lowest BCUT2D eigenvalue weighted by atomic mass is 10.1. The van der Waals surface area contributed by atoms with Crippen molar-refractivity contribution < 1.29 is 8.42 Å². The molecule has 0 aliphatic rings. The van der Waals surface area contributed by atoms with Crippen LogP contribution < -0.4 is 10.5 Å². The molecule has 0 fully saturated rings. The second-order valence-corrected chi connectivity index (χ2v) is 6.56. The first-order valence-corrected chi connectivity index (χ1v) is 7.62. The number of benzene rings is 1. The van der Waals surface area contributed by atoms with E-state index in [0.717, 1.165) is 22.4 Å². The summed E-state index contributed by atoms with van der Waals surface area (Å²) in [6.07, 6.45) is 0. The summed E-state index contributed by atoms with van der Waals surface area (Å²) >= 11 is 0. The van der Waals surface area contributed by atoms with Gasteiger partial charge in [0.25, 0.3) is 10.0 Å². The second kappa shape index (κ2) is 4.82. The molecular weight excluding hydrogens is 276 g/mol. The van der Waals surface area contributed by atoms with Crippen LogP contribution in [0.2, 0.25) is 0 Å². The number of anilines is 2. The minimum atomic E-state index is -3.70. The Morgan fingerprint density at radius 2 is 1.80 bits per heavy atom. The summed E-state index contributed by atoms with van der Waals surface area (Å²) in [5.74, 6) is 0.305. The highest BCUT2D eigenvalue weighted by atomic mass is 32.2. The number of aromatic nitrogens is 2. The first-order valence-electron chi connectivity index (χ1n) is 6.13. The average Bonchev–Trinajstić information content (AvgIpc) is 2.67. The molecule has 1 aromatic heterocycles. The van der Waals surface area contributed by atoms with Crippen molar-refractivity contribution >= 4 is 21.5 Å². The molecule has 0 atom stereocenters. The minimum Gasteiger partial charge on any atom is -0.398 e. The van der Waals surface area contributed by atoms with E-state index in [9.17, 15) is 8.42 Å². The van der Waals surface area contributed by atoms with E-state index in [1.807, 2.05) is 20.8 Å². The summed E-state index contributed by atoms with van der Waals surface area (Å²) in [6.45, 7) is 7.31. The van der Waals surface area contributed by atoms with Crippen molar-refractivity contribution in [1.29, 1.82) is 0 Å². The Labute approximate surface area is 118 Å². The largest absolute Gasteiger partial charge is 0.398 e. The third kappa shape index (κ3) is 2.49. The molecule has 2 aromatic rings. The molecule has 0 amide bonds. The van der Waals surface area contributed by atoms with Crippen LogP contribution in [0.4, 0.5) is 11.5 Å². The smallest absolute Gasteiger partial charge is 0.263 e. The number of nitrogens with one attached hydrogen (secondary N) is 2. The van der Waals surface area contributed by atoms with Gasteiger partial charge in [-0.3, -0.25) is 9.82 Å². The van der Waals surface area contributed by atoms with Crippen molar-refractivity contribution in [2.75, 3.05) is 10.5 Å². The zero-order chi connectivity index (χ0) is 15.1. The van der Waals surface area contributed by atoms with Crippen LogP contribution in [-0.4, -0.2) is 18.6 Å². The summed E-state index contributed by atoms with van der Waals surface area (Å²) in [5.41, 5.74) is 9.60. The van der Waals surface area contributed by atoms with Crippen LogP contribution in [0.5, 0.6) is 0 Å². The molecule has 0 aliphatic heterocycles. The minimum absolute atomic E-state index is 0.137. The molecule has 0 aliphatic carbocycles. The number of hydrogen-bond acceptors (Lipinski definition) is 4. The highest BCUT2D eigenvalue weighted by Gasteiger charge is 2.19. The fraction of sp³-hybridized carbons (Fsp3) is 0.308. The molecule has 1 aromatic carbocycles. The average molecular weight is 294 g/mol. The number of aromatic amines is 1. The molecule has 6 nitrogen and oxygen atoms in total. The molecule has 1 heterocycles. The Hall–Kier alpha value is -2.02. The molecule has 20 heavy (non-hydrogen) atoms. The van der Waals surface area contributed by atoms with Gasteiger partial charge in [-0.05, 0) is 51.0 Å². The van der Waals surface area contributed by atoms with Crippen molar-refractivity contribution in [3.05, 3.63) is 34.5 Å². The molecule has 0 spiro atoms. The van der Waals surface area contributed by atoms with Gasteiger partial charge < -0.3 is 5.73 Å². The summed E-state index contributed by atoms with van der Waals surface area (Å²) in [6, 6.07) is 3.06. The van der Waals surface area contributed by atoms with Gasteiger partial charge in [-0.15, -0.1) is 0 Å². The van der Waals surface area contributed by atoms with Crippen LogP contribution in [0.1, 0.15) is 22.4 Å². The molecular formula is C13H18N4O2S. The zero-order valence-electron chi connectivity index (χ0n) is 11.9. The Morgan fingerprint density at radius 3 is 2.30 bits per heavy atom. The number of nitrogens with two attached hydrogens (primary N) is 1. The van der Waals surface area contributed by atoms with Gasteiger partial charge in [0.05, 0.1) is 4.90 Å². The van der Waals surface area contributed by atoms with Gasteiger partial charge >= 0.3 is 0 Å². The van der Waals surface area contributed by atoms with Gasteiger partial charge in [0.1, 0.15) is 0 Å². The second-order valence-electron chi connectivity index (χ2n) is 4.88. The molecule has 7 heteroatoms. The van der Waals surface area contributed by atoms with Crippen molar-refractivity contribution in [2.24, 2.45) is 0 Å². The molecule has 0 bridgehead atoms. The van der Waals surface area contributed by atoms with Gasteiger partial charge in [0.15, 0.2) is 5.82 Å². The maximum atomic E-state index is 12.4. The first-order chi connectivity index (χ1) is 9.22. The summed E-state index contributed by atoms with van der Waals surface area (Å²) in [4.78, 5) is 0.137. The van der Waals surface area contributed by atoms with Crippen LogP contribution in [0, 0.1) is 27.7 Å². The van der Waals surface area contributed by atoms with Gasteiger partial charge in [-0.25, -0.2) is 8.42 Å². The maximum absolute atomic E-state index is 12.4. The number of hydrogen-bond donors (Lipinski definition) is 3. The molecule has 0 radical (unpaired) electrons. The van der Waals surface area contributed by atoms with Gasteiger partial charge in [-0.1, -0.05) is 0 Å².